The summed E-state index contributed by atoms with van der Waals surface area (Å²) in [5.41, 5.74) is 0.970. The monoisotopic (exact) mass is 155 g/mol. The molecule has 1 rings (SSSR count). The van der Waals surface area contributed by atoms with Crippen molar-refractivity contribution < 1.29 is 4.74 Å². The molecule has 0 aromatic carbocycles. The van der Waals surface area contributed by atoms with Gasteiger partial charge in [-0.25, -0.2) is 0 Å². The summed E-state index contributed by atoms with van der Waals surface area (Å²) < 4.78 is 5.05. The number of hydrogen-bond donors (Lipinski definition) is 1. The van der Waals surface area contributed by atoms with E-state index in [0.29, 0.717) is 6.61 Å². The van der Waals surface area contributed by atoms with Crippen molar-refractivity contribution in [3.05, 3.63) is 11.9 Å². The highest BCUT2D eigenvalue weighted by Gasteiger charge is 2.22. The summed E-state index contributed by atoms with van der Waals surface area (Å²) in [7, 11) is 1.69. The second-order valence-corrected chi connectivity index (χ2v) is 3.19. The Hall–Kier alpha value is -0.900. The SMILES string of the molecule is COCC(C)(C)c1cnn[nH]1. The molecule has 0 bridgehead atoms. The van der Waals surface area contributed by atoms with E-state index in [9.17, 15) is 0 Å². The molecule has 1 N–H and O–H groups in total. The normalized spacial score (nSPS) is 11.9. The topological polar surface area (TPSA) is 50.8 Å². The first-order valence-electron chi connectivity index (χ1n) is 3.52. The second-order valence-electron chi connectivity index (χ2n) is 3.19. The van der Waals surface area contributed by atoms with Crippen LogP contribution in [0.3, 0.4) is 0 Å². The molecular formula is C7H13N3O. The van der Waals surface area contributed by atoms with Gasteiger partial charge in [0.2, 0.25) is 0 Å². The lowest BCUT2D eigenvalue weighted by atomic mass is 9.91. The van der Waals surface area contributed by atoms with Gasteiger partial charge in [-0.15, -0.1) is 5.10 Å². The lowest BCUT2D eigenvalue weighted by molar-refractivity contribution is 0.144. The number of rotatable bonds is 3. The Kier molecular flexibility index (Phi) is 2.24. The van der Waals surface area contributed by atoms with Gasteiger partial charge in [0.05, 0.1) is 18.5 Å². The third kappa shape index (κ3) is 1.77. The van der Waals surface area contributed by atoms with Crippen molar-refractivity contribution >= 4 is 0 Å². The molecule has 0 saturated carbocycles. The van der Waals surface area contributed by atoms with Gasteiger partial charge in [0.15, 0.2) is 0 Å². The Morgan fingerprint density at radius 2 is 2.36 bits per heavy atom. The van der Waals surface area contributed by atoms with E-state index in [0.717, 1.165) is 5.69 Å². The number of aromatic amines is 1. The molecule has 0 saturated heterocycles. The number of nitrogens with one attached hydrogen (secondary N) is 1. The van der Waals surface area contributed by atoms with Gasteiger partial charge >= 0.3 is 0 Å². The van der Waals surface area contributed by atoms with E-state index >= 15 is 0 Å². The number of nitrogens with zero attached hydrogens (tertiary/aromatic N) is 2. The van der Waals surface area contributed by atoms with Crippen molar-refractivity contribution in [1.82, 2.24) is 15.4 Å². The summed E-state index contributed by atoms with van der Waals surface area (Å²) >= 11 is 0. The molecule has 0 aliphatic carbocycles. The first-order valence-corrected chi connectivity index (χ1v) is 3.52. The second kappa shape index (κ2) is 3.00. The van der Waals surface area contributed by atoms with E-state index in [2.05, 4.69) is 29.3 Å². The number of hydrogen-bond acceptors (Lipinski definition) is 3. The predicted molar refractivity (Wildman–Crippen MR) is 41.3 cm³/mol. The first-order chi connectivity index (χ1) is 5.17. The fraction of sp³-hybridized carbons (Fsp3) is 0.714. The van der Waals surface area contributed by atoms with Crippen LogP contribution in [0, 0.1) is 0 Å². The Balaban J connectivity index is 2.73. The standard InChI is InChI=1S/C7H13N3O/c1-7(2,5-11-3)6-4-8-10-9-6/h4H,5H2,1-3H3,(H,8,9,10). The fourth-order valence-electron chi connectivity index (χ4n) is 0.963. The summed E-state index contributed by atoms with van der Waals surface area (Å²) in [4.78, 5) is 0. The first kappa shape index (κ1) is 8.20. The van der Waals surface area contributed by atoms with Gasteiger partial charge in [0.1, 0.15) is 0 Å². The van der Waals surface area contributed by atoms with Crippen molar-refractivity contribution in [2.45, 2.75) is 19.3 Å². The molecule has 1 aromatic heterocycles. The molecule has 0 aliphatic heterocycles. The molecule has 1 heterocycles. The minimum atomic E-state index is -0.0295. The van der Waals surface area contributed by atoms with Gasteiger partial charge in [-0.2, -0.15) is 0 Å². The number of H-pyrrole nitrogens is 1. The van der Waals surface area contributed by atoms with Crippen molar-refractivity contribution in [3.63, 3.8) is 0 Å². The quantitative estimate of drug-likeness (QED) is 0.700. The van der Waals surface area contributed by atoms with Crippen LogP contribution in [-0.2, 0) is 10.2 Å². The lowest BCUT2D eigenvalue weighted by Gasteiger charge is -2.20. The highest BCUT2D eigenvalue weighted by atomic mass is 16.5. The molecule has 0 aliphatic rings. The van der Waals surface area contributed by atoms with Crippen LogP contribution in [0.4, 0.5) is 0 Å². The van der Waals surface area contributed by atoms with Gasteiger partial charge in [0, 0.05) is 12.5 Å². The van der Waals surface area contributed by atoms with Crippen molar-refractivity contribution in [3.8, 4) is 0 Å². The van der Waals surface area contributed by atoms with Gasteiger partial charge in [-0.05, 0) is 0 Å². The Bertz CT molecular complexity index is 205. The Morgan fingerprint density at radius 1 is 1.64 bits per heavy atom. The Labute approximate surface area is 66.0 Å². The Morgan fingerprint density at radius 3 is 2.82 bits per heavy atom. The molecular weight excluding hydrogens is 142 g/mol. The predicted octanol–water partition coefficient (Wildman–Crippen LogP) is 0.729. The van der Waals surface area contributed by atoms with E-state index in [4.69, 9.17) is 4.74 Å². The van der Waals surface area contributed by atoms with Crippen LogP contribution < -0.4 is 0 Å². The highest BCUT2D eigenvalue weighted by Crippen LogP contribution is 2.19. The average molecular weight is 155 g/mol. The van der Waals surface area contributed by atoms with Crippen LogP contribution in [0.2, 0.25) is 0 Å². The van der Waals surface area contributed by atoms with Crippen molar-refractivity contribution in [1.29, 1.82) is 0 Å². The lowest BCUT2D eigenvalue weighted by Crippen LogP contribution is -2.23. The minimum absolute atomic E-state index is 0.0295. The zero-order chi connectivity index (χ0) is 8.32. The van der Waals surface area contributed by atoms with Crippen LogP contribution in [0.1, 0.15) is 19.5 Å². The maximum atomic E-state index is 5.05. The minimum Gasteiger partial charge on any atom is -0.384 e. The number of ether oxygens (including phenoxy) is 1. The van der Waals surface area contributed by atoms with Crippen LogP contribution >= 0.6 is 0 Å². The van der Waals surface area contributed by atoms with Crippen molar-refractivity contribution in [2.24, 2.45) is 0 Å². The van der Waals surface area contributed by atoms with E-state index in [1.807, 2.05) is 0 Å². The van der Waals surface area contributed by atoms with Crippen LogP contribution in [0.5, 0.6) is 0 Å². The summed E-state index contributed by atoms with van der Waals surface area (Å²) in [6.45, 7) is 4.81. The smallest absolute Gasteiger partial charge is 0.0728 e. The van der Waals surface area contributed by atoms with E-state index in [-0.39, 0.29) is 5.41 Å². The molecule has 0 fully saturated rings. The number of aromatic nitrogens is 3. The molecule has 0 radical (unpaired) electrons. The third-order valence-corrected chi connectivity index (χ3v) is 1.65. The third-order valence-electron chi connectivity index (χ3n) is 1.65. The summed E-state index contributed by atoms with van der Waals surface area (Å²) in [6.07, 6.45) is 1.72. The summed E-state index contributed by atoms with van der Waals surface area (Å²) in [6, 6.07) is 0. The molecule has 4 nitrogen and oxygen atoms in total. The largest absolute Gasteiger partial charge is 0.384 e. The molecule has 0 unspecified atom stereocenters. The number of methoxy groups -OCH3 is 1. The average Bonchev–Trinajstić information content (AvgIpc) is 2.37. The summed E-state index contributed by atoms with van der Waals surface area (Å²) in [5, 5.41) is 10.2. The molecule has 62 valence electrons. The van der Waals surface area contributed by atoms with Gasteiger partial charge in [-0.1, -0.05) is 19.1 Å². The van der Waals surface area contributed by atoms with E-state index in [1.54, 1.807) is 13.3 Å². The zero-order valence-corrected chi connectivity index (χ0v) is 7.09. The van der Waals surface area contributed by atoms with Crippen LogP contribution in [0.15, 0.2) is 6.20 Å². The zero-order valence-electron chi connectivity index (χ0n) is 7.09. The van der Waals surface area contributed by atoms with Gasteiger partial charge in [0.25, 0.3) is 0 Å². The van der Waals surface area contributed by atoms with Crippen LogP contribution in [-0.4, -0.2) is 29.1 Å². The molecule has 0 amide bonds. The maximum Gasteiger partial charge on any atom is 0.0728 e. The summed E-state index contributed by atoms with van der Waals surface area (Å²) in [5.74, 6) is 0. The van der Waals surface area contributed by atoms with Gasteiger partial charge in [-0.3, -0.25) is 5.10 Å². The van der Waals surface area contributed by atoms with Crippen LogP contribution in [0.25, 0.3) is 0 Å². The van der Waals surface area contributed by atoms with Gasteiger partial charge < -0.3 is 4.74 Å². The molecule has 0 atom stereocenters. The highest BCUT2D eigenvalue weighted by molar-refractivity contribution is 5.07. The maximum absolute atomic E-state index is 5.05. The van der Waals surface area contributed by atoms with E-state index < -0.39 is 0 Å². The molecule has 0 spiro atoms. The van der Waals surface area contributed by atoms with Crippen molar-refractivity contribution in [2.75, 3.05) is 13.7 Å². The molecule has 4 heteroatoms. The fourth-order valence-corrected chi connectivity index (χ4v) is 0.963. The molecule has 1 aromatic rings. The molecule has 11 heavy (non-hydrogen) atoms. The van der Waals surface area contributed by atoms with E-state index in [1.165, 1.54) is 0 Å².